The molecule has 2 N–H and O–H groups in total. The van der Waals surface area contributed by atoms with E-state index in [4.69, 9.17) is 14.9 Å². The molecule has 0 aromatic carbocycles. The Bertz CT molecular complexity index is 381. The zero-order chi connectivity index (χ0) is 13.8. The van der Waals surface area contributed by atoms with Crippen molar-refractivity contribution in [1.29, 1.82) is 0 Å². The summed E-state index contributed by atoms with van der Waals surface area (Å²) in [6.07, 6.45) is 2.35. The maximum absolute atomic E-state index is 6.18. The van der Waals surface area contributed by atoms with E-state index < -0.39 is 0 Å². The first-order valence-corrected chi connectivity index (χ1v) is 7.16. The molecule has 4 heteroatoms. The second-order valence-electron chi connectivity index (χ2n) is 5.69. The number of aryl methyl sites for hydroxylation is 1. The quantitative estimate of drug-likeness (QED) is 0.888. The van der Waals surface area contributed by atoms with Gasteiger partial charge in [-0.15, -0.1) is 0 Å². The lowest BCUT2D eigenvalue weighted by molar-refractivity contribution is 0.0667. The van der Waals surface area contributed by atoms with Crippen molar-refractivity contribution in [3.63, 3.8) is 0 Å². The highest BCUT2D eigenvalue weighted by Gasteiger charge is 2.30. The first kappa shape index (κ1) is 14.6. The molecule has 1 saturated heterocycles. The molecule has 0 radical (unpaired) electrons. The van der Waals surface area contributed by atoms with Crippen LogP contribution in [0.5, 0.6) is 0 Å². The van der Waals surface area contributed by atoms with Gasteiger partial charge in [-0.1, -0.05) is 0 Å². The number of methoxy groups -OCH3 is 1. The summed E-state index contributed by atoms with van der Waals surface area (Å²) in [7, 11) is 1.78. The number of furan rings is 1. The first-order valence-electron chi connectivity index (χ1n) is 7.16. The number of piperidine rings is 1. The second kappa shape index (κ2) is 6.55. The predicted octanol–water partition coefficient (Wildman–Crippen LogP) is 2.33. The standard InChI is InChI=1S/C15H26N2O2/c1-11-4-5-14(19-11)15(12(2)16)17-8-6-13(7-9-17)10-18-3/h4-5,12-13,15H,6-10,16H2,1-3H3. The summed E-state index contributed by atoms with van der Waals surface area (Å²) in [5.41, 5.74) is 6.18. The van der Waals surface area contributed by atoms with Crippen LogP contribution >= 0.6 is 0 Å². The van der Waals surface area contributed by atoms with Gasteiger partial charge in [-0.25, -0.2) is 0 Å². The van der Waals surface area contributed by atoms with E-state index in [1.807, 2.05) is 13.0 Å². The van der Waals surface area contributed by atoms with Crippen LogP contribution in [0.25, 0.3) is 0 Å². The van der Waals surface area contributed by atoms with Crippen LogP contribution in [0.4, 0.5) is 0 Å². The van der Waals surface area contributed by atoms with E-state index >= 15 is 0 Å². The minimum atomic E-state index is 0.0736. The van der Waals surface area contributed by atoms with Gasteiger partial charge in [0.25, 0.3) is 0 Å². The lowest BCUT2D eigenvalue weighted by Gasteiger charge is -2.38. The Kier molecular flexibility index (Phi) is 5.02. The highest BCUT2D eigenvalue weighted by Crippen LogP contribution is 2.29. The molecule has 108 valence electrons. The van der Waals surface area contributed by atoms with Gasteiger partial charge in [0.1, 0.15) is 11.5 Å². The van der Waals surface area contributed by atoms with Gasteiger partial charge < -0.3 is 14.9 Å². The average molecular weight is 266 g/mol. The summed E-state index contributed by atoms with van der Waals surface area (Å²) in [5, 5.41) is 0. The molecule has 0 spiro atoms. The van der Waals surface area contributed by atoms with Gasteiger partial charge in [-0.3, -0.25) is 4.90 Å². The van der Waals surface area contributed by atoms with Gasteiger partial charge in [0.15, 0.2) is 0 Å². The largest absolute Gasteiger partial charge is 0.465 e. The summed E-state index contributed by atoms with van der Waals surface area (Å²) in [4.78, 5) is 2.45. The molecular weight excluding hydrogens is 240 g/mol. The van der Waals surface area contributed by atoms with Crippen LogP contribution in [0.2, 0.25) is 0 Å². The van der Waals surface area contributed by atoms with Crippen LogP contribution in [-0.2, 0) is 4.74 Å². The molecule has 1 aromatic heterocycles. The molecule has 2 rings (SSSR count). The molecular formula is C15H26N2O2. The van der Waals surface area contributed by atoms with E-state index in [1.165, 1.54) is 12.8 Å². The number of rotatable bonds is 5. The lowest BCUT2D eigenvalue weighted by atomic mass is 9.94. The second-order valence-corrected chi connectivity index (χ2v) is 5.69. The Labute approximate surface area is 115 Å². The van der Waals surface area contributed by atoms with E-state index in [9.17, 15) is 0 Å². The van der Waals surface area contributed by atoms with Crippen LogP contribution < -0.4 is 5.73 Å². The molecule has 19 heavy (non-hydrogen) atoms. The molecule has 0 aliphatic carbocycles. The number of ether oxygens (including phenoxy) is 1. The minimum Gasteiger partial charge on any atom is -0.465 e. The van der Waals surface area contributed by atoms with E-state index in [-0.39, 0.29) is 12.1 Å². The van der Waals surface area contributed by atoms with Gasteiger partial charge in [0, 0.05) is 19.8 Å². The van der Waals surface area contributed by atoms with Crippen LogP contribution in [0.15, 0.2) is 16.5 Å². The molecule has 0 amide bonds. The number of hydrogen-bond acceptors (Lipinski definition) is 4. The fourth-order valence-corrected chi connectivity index (χ4v) is 3.02. The van der Waals surface area contributed by atoms with Crippen molar-refractivity contribution in [1.82, 2.24) is 4.90 Å². The third kappa shape index (κ3) is 3.59. The van der Waals surface area contributed by atoms with Crippen molar-refractivity contribution in [2.75, 3.05) is 26.8 Å². The van der Waals surface area contributed by atoms with Gasteiger partial charge in [0.2, 0.25) is 0 Å². The van der Waals surface area contributed by atoms with E-state index in [2.05, 4.69) is 17.9 Å². The van der Waals surface area contributed by atoms with Gasteiger partial charge >= 0.3 is 0 Å². The maximum atomic E-state index is 6.18. The Morgan fingerprint density at radius 1 is 1.42 bits per heavy atom. The smallest absolute Gasteiger partial charge is 0.122 e. The molecule has 2 atom stereocenters. The van der Waals surface area contributed by atoms with Crippen molar-refractivity contribution >= 4 is 0 Å². The third-order valence-corrected chi connectivity index (χ3v) is 4.00. The Hall–Kier alpha value is -0.840. The normalized spacial score (nSPS) is 21.5. The van der Waals surface area contributed by atoms with Gasteiger partial charge in [-0.05, 0) is 57.8 Å². The number of likely N-dealkylation sites (tertiary alicyclic amines) is 1. The van der Waals surface area contributed by atoms with Gasteiger partial charge in [0.05, 0.1) is 6.04 Å². The Morgan fingerprint density at radius 2 is 2.11 bits per heavy atom. The van der Waals surface area contributed by atoms with Crippen LogP contribution in [0, 0.1) is 12.8 Å². The minimum absolute atomic E-state index is 0.0736. The number of nitrogens with two attached hydrogens (primary N) is 1. The summed E-state index contributed by atoms with van der Waals surface area (Å²) in [6.45, 7) is 7.05. The predicted molar refractivity (Wildman–Crippen MR) is 76.0 cm³/mol. The topological polar surface area (TPSA) is 51.6 Å². The number of hydrogen-bond donors (Lipinski definition) is 1. The fraction of sp³-hybridized carbons (Fsp3) is 0.733. The zero-order valence-corrected chi connectivity index (χ0v) is 12.3. The highest BCUT2D eigenvalue weighted by atomic mass is 16.5. The first-order chi connectivity index (χ1) is 9.11. The summed E-state index contributed by atoms with van der Waals surface area (Å²) >= 11 is 0. The van der Waals surface area contributed by atoms with Crippen molar-refractivity contribution in [3.05, 3.63) is 23.7 Å². The number of nitrogens with zero attached hydrogens (tertiary/aromatic N) is 1. The SMILES string of the molecule is COCC1CCN(C(c2ccc(C)o2)C(C)N)CC1. The maximum Gasteiger partial charge on any atom is 0.122 e. The lowest BCUT2D eigenvalue weighted by Crippen LogP contribution is -2.44. The molecule has 4 nitrogen and oxygen atoms in total. The van der Waals surface area contributed by atoms with Crippen LogP contribution in [0.1, 0.15) is 37.3 Å². The summed E-state index contributed by atoms with van der Waals surface area (Å²) in [6, 6.07) is 4.34. The summed E-state index contributed by atoms with van der Waals surface area (Å²) < 4.78 is 11.0. The van der Waals surface area contributed by atoms with Crippen molar-refractivity contribution in [2.45, 2.75) is 38.8 Å². The van der Waals surface area contributed by atoms with Crippen molar-refractivity contribution < 1.29 is 9.15 Å². The highest BCUT2D eigenvalue weighted by molar-refractivity contribution is 5.12. The van der Waals surface area contributed by atoms with E-state index in [0.717, 1.165) is 31.2 Å². The summed E-state index contributed by atoms with van der Waals surface area (Å²) in [5.74, 6) is 2.64. The average Bonchev–Trinajstić information content (AvgIpc) is 2.78. The Balaban J connectivity index is 2.01. The molecule has 2 unspecified atom stereocenters. The molecule has 1 aliphatic rings. The van der Waals surface area contributed by atoms with Crippen molar-refractivity contribution in [3.8, 4) is 0 Å². The molecule has 1 aromatic rings. The van der Waals surface area contributed by atoms with E-state index in [1.54, 1.807) is 7.11 Å². The van der Waals surface area contributed by atoms with Gasteiger partial charge in [-0.2, -0.15) is 0 Å². The molecule has 1 fully saturated rings. The molecule has 2 heterocycles. The van der Waals surface area contributed by atoms with E-state index in [0.29, 0.717) is 5.92 Å². The monoisotopic (exact) mass is 266 g/mol. The third-order valence-electron chi connectivity index (χ3n) is 4.00. The van der Waals surface area contributed by atoms with Crippen molar-refractivity contribution in [2.24, 2.45) is 11.7 Å². The Morgan fingerprint density at radius 3 is 2.58 bits per heavy atom. The van der Waals surface area contributed by atoms with Crippen LogP contribution in [0.3, 0.4) is 0 Å². The molecule has 0 bridgehead atoms. The molecule has 0 saturated carbocycles. The fourth-order valence-electron chi connectivity index (χ4n) is 3.02. The zero-order valence-electron chi connectivity index (χ0n) is 12.3. The molecule has 1 aliphatic heterocycles. The van der Waals surface area contributed by atoms with Crippen LogP contribution in [-0.4, -0.2) is 37.7 Å².